The van der Waals surface area contributed by atoms with Crippen molar-refractivity contribution in [2.45, 2.75) is 57.9 Å². The number of benzene rings is 1. The van der Waals surface area contributed by atoms with Gasteiger partial charge in [0.05, 0.1) is 6.54 Å². The number of carbonyl (C=O) groups is 1. The van der Waals surface area contributed by atoms with Crippen LogP contribution in [0.3, 0.4) is 0 Å². The molecule has 2 heteroatoms. The molecule has 1 aliphatic carbocycles. The fourth-order valence-corrected chi connectivity index (χ4v) is 4.13. The lowest BCUT2D eigenvalue weighted by molar-refractivity contribution is 0.0539. The van der Waals surface area contributed by atoms with Gasteiger partial charge in [-0.25, -0.2) is 0 Å². The van der Waals surface area contributed by atoms with Gasteiger partial charge in [0.1, 0.15) is 0 Å². The van der Waals surface area contributed by atoms with Gasteiger partial charge in [-0.05, 0) is 50.1 Å². The van der Waals surface area contributed by atoms with Crippen molar-refractivity contribution < 1.29 is 4.79 Å². The van der Waals surface area contributed by atoms with E-state index >= 15 is 0 Å². The second-order valence-corrected chi connectivity index (χ2v) is 6.70. The monoisotopic (exact) mass is 285 g/mol. The van der Waals surface area contributed by atoms with Gasteiger partial charge in [0.2, 0.25) is 0 Å². The second-order valence-electron chi connectivity index (χ2n) is 6.70. The van der Waals surface area contributed by atoms with Crippen molar-refractivity contribution in [1.29, 1.82) is 0 Å². The average molecular weight is 285 g/mol. The Labute approximate surface area is 128 Å². The maximum atomic E-state index is 12.5. The highest BCUT2D eigenvalue weighted by molar-refractivity contribution is 5.97. The average Bonchev–Trinajstić information content (AvgIpc) is 2.55. The van der Waals surface area contributed by atoms with Crippen LogP contribution in [0.15, 0.2) is 24.3 Å². The number of hydrogen-bond donors (Lipinski definition) is 0. The second kappa shape index (κ2) is 6.74. The smallest absolute Gasteiger partial charge is 0.176 e. The van der Waals surface area contributed by atoms with E-state index < -0.39 is 0 Å². The molecular weight excluding hydrogens is 258 g/mol. The van der Waals surface area contributed by atoms with E-state index in [0.717, 1.165) is 24.4 Å². The Bertz CT molecular complexity index is 477. The zero-order valence-corrected chi connectivity index (χ0v) is 13.2. The van der Waals surface area contributed by atoms with Crippen LogP contribution in [0.5, 0.6) is 0 Å². The molecule has 0 amide bonds. The molecule has 2 atom stereocenters. The minimum absolute atomic E-state index is 0.295. The zero-order chi connectivity index (χ0) is 14.7. The summed E-state index contributed by atoms with van der Waals surface area (Å²) in [6.45, 7) is 3.88. The molecule has 1 saturated carbocycles. The van der Waals surface area contributed by atoms with Gasteiger partial charge in [0.25, 0.3) is 0 Å². The summed E-state index contributed by atoms with van der Waals surface area (Å²) in [4.78, 5) is 15.0. The molecule has 0 bridgehead atoms. The standard InChI is InChI=1S/C19H27NO/c1-2-15-9-11-17(12-10-15)19(21)14-20-13-5-7-16-6-3-4-8-18(16)20/h9-12,16,18H,2-8,13-14H2,1H3/t16-,18-/m1/s1. The van der Waals surface area contributed by atoms with E-state index in [1.165, 1.54) is 44.1 Å². The van der Waals surface area contributed by atoms with Crippen molar-refractivity contribution >= 4 is 5.78 Å². The van der Waals surface area contributed by atoms with Crippen LogP contribution < -0.4 is 0 Å². The predicted molar refractivity (Wildman–Crippen MR) is 86.7 cm³/mol. The van der Waals surface area contributed by atoms with Gasteiger partial charge < -0.3 is 0 Å². The summed E-state index contributed by atoms with van der Waals surface area (Å²) in [5.41, 5.74) is 2.18. The van der Waals surface area contributed by atoms with E-state index in [9.17, 15) is 4.79 Å². The first-order chi connectivity index (χ1) is 10.3. The predicted octanol–water partition coefficient (Wildman–Crippen LogP) is 4.09. The Morgan fingerprint density at radius 1 is 1.10 bits per heavy atom. The molecule has 1 aliphatic heterocycles. The number of fused-ring (bicyclic) bond motifs is 1. The summed E-state index contributed by atoms with van der Waals surface area (Å²) in [6.07, 6.45) is 9.08. The third kappa shape index (κ3) is 3.37. The van der Waals surface area contributed by atoms with Gasteiger partial charge in [-0.3, -0.25) is 9.69 Å². The minimum atomic E-state index is 0.295. The third-order valence-corrected chi connectivity index (χ3v) is 5.39. The Kier molecular flexibility index (Phi) is 4.74. The molecule has 2 nitrogen and oxygen atoms in total. The van der Waals surface area contributed by atoms with Crippen LogP contribution in [-0.4, -0.2) is 29.8 Å². The molecule has 0 radical (unpaired) electrons. The van der Waals surface area contributed by atoms with Gasteiger partial charge in [-0.15, -0.1) is 0 Å². The maximum absolute atomic E-state index is 12.5. The number of piperidine rings is 1. The lowest BCUT2D eigenvalue weighted by Gasteiger charge is -2.43. The zero-order valence-electron chi connectivity index (χ0n) is 13.2. The number of rotatable bonds is 4. The quantitative estimate of drug-likeness (QED) is 0.777. The van der Waals surface area contributed by atoms with Crippen molar-refractivity contribution in [2.75, 3.05) is 13.1 Å². The van der Waals surface area contributed by atoms with Crippen LogP contribution in [0.4, 0.5) is 0 Å². The molecule has 3 rings (SSSR count). The van der Waals surface area contributed by atoms with Crippen molar-refractivity contribution in [3.63, 3.8) is 0 Å². The van der Waals surface area contributed by atoms with Crippen LogP contribution in [0.1, 0.15) is 61.4 Å². The van der Waals surface area contributed by atoms with Crippen molar-refractivity contribution in [2.24, 2.45) is 5.92 Å². The van der Waals surface area contributed by atoms with E-state index in [4.69, 9.17) is 0 Å². The fraction of sp³-hybridized carbons (Fsp3) is 0.632. The summed E-state index contributed by atoms with van der Waals surface area (Å²) in [5, 5.41) is 0. The molecule has 1 aromatic rings. The molecule has 2 aliphatic rings. The van der Waals surface area contributed by atoms with Gasteiger partial charge in [-0.2, -0.15) is 0 Å². The van der Waals surface area contributed by atoms with Gasteiger partial charge in [-0.1, -0.05) is 44.0 Å². The number of likely N-dealkylation sites (tertiary alicyclic amines) is 1. The number of aryl methyl sites for hydroxylation is 1. The highest BCUT2D eigenvalue weighted by atomic mass is 16.1. The highest BCUT2D eigenvalue weighted by Crippen LogP contribution is 2.35. The van der Waals surface area contributed by atoms with Crippen molar-refractivity contribution in [3.8, 4) is 0 Å². The van der Waals surface area contributed by atoms with Crippen LogP contribution in [0.2, 0.25) is 0 Å². The molecule has 0 unspecified atom stereocenters. The first-order valence-corrected chi connectivity index (χ1v) is 8.64. The molecule has 21 heavy (non-hydrogen) atoms. The summed E-state index contributed by atoms with van der Waals surface area (Å²) in [5.74, 6) is 1.15. The normalized spacial score (nSPS) is 26.3. The lowest BCUT2D eigenvalue weighted by Crippen LogP contribution is -2.48. The Morgan fingerprint density at radius 2 is 1.81 bits per heavy atom. The number of ketones is 1. The van der Waals surface area contributed by atoms with E-state index in [1.807, 2.05) is 12.1 Å². The van der Waals surface area contributed by atoms with Gasteiger partial charge in [0, 0.05) is 11.6 Å². The summed E-state index contributed by atoms with van der Waals surface area (Å²) < 4.78 is 0. The lowest BCUT2D eigenvalue weighted by atomic mass is 9.78. The van der Waals surface area contributed by atoms with Crippen LogP contribution in [0, 0.1) is 5.92 Å². The summed E-state index contributed by atoms with van der Waals surface area (Å²) in [6, 6.07) is 8.86. The highest BCUT2D eigenvalue weighted by Gasteiger charge is 2.33. The molecule has 1 saturated heterocycles. The minimum Gasteiger partial charge on any atom is -0.293 e. The molecule has 0 N–H and O–H groups in total. The first-order valence-electron chi connectivity index (χ1n) is 8.64. The third-order valence-electron chi connectivity index (χ3n) is 5.39. The largest absolute Gasteiger partial charge is 0.293 e. The van der Waals surface area contributed by atoms with Crippen molar-refractivity contribution in [3.05, 3.63) is 35.4 Å². The first kappa shape index (κ1) is 14.8. The van der Waals surface area contributed by atoms with Crippen LogP contribution >= 0.6 is 0 Å². The van der Waals surface area contributed by atoms with Gasteiger partial charge in [0.15, 0.2) is 5.78 Å². The summed E-state index contributed by atoms with van der Waals surface area (Å²) >= 11 is 0. The van der Waals surface area contributed by atoms with Crippen molar-refractivity contribution in [1.82, 2.24) is 4.90 Å². The Balaban J connectivity index is 1.65. The van der Waals surface area contributed by atoms with E-state index in [-0.39, 0.29) is 0 Å². The number of carbonyl (C=O) groups excluding carboxylic acids is 1. The van der Waals surface area contributed by atoms with Gasteiger partial charge >= 0.3 is 0 Å². The molecule has 0 aromatic heterocycles. The van der Waals surface area contributed by atoms with Crippen LogP contribution in [0.25, 0.3) is 0 Å². The Morgan fingerprint density at radius 3 is 2.57 bits per heavy atom. The molecule has 0 spiro atoms. The summed E-state index contributed by atoms with van der Waals surface area (Å²) in [7, 11) is 0. The number of hydrogen-bond acceptors (Lipinski definition) is 2. The maximum Gasteiger partial charge on any atom is 0.176 e. The van der Waals surface area contributed by atoms with E-state index in [2.05, 4.69) is 24.0 Å². The molecule has 2 fully saturated rings. The number of Topliss-reactive ketones (excluding diaryl/α,β-unsaturated/α-hetero) is 1. The molecule has 1 heterocycles. The topological polar surface area (TPSA) is 20.3 Å². The van der Waals surface area contributed by atoms with E-state index in [0.29, 0.717) is 18.4 Å². The SMILES string of the molecule is CCc1ccc(C(=O)CN2CCC[C@H]3CCCC[C@H]32)cc1. The van der Waals surface area contributed by atoms with Crippen LogP contribution in [-0.2, 0) is 6.42 Å². The fourth-order valence-electron chi connectivity index (χ4n) is 4.13. The molecular formula is C19H27NO. The van der Waals surface area contributed by atoms with E-state index in [1.54, 1.807) is 0 Å². The molecule has 114 valence electrons. The number of nitrogens with zero attached hydrogens (tertiary/aromatic N) is 1. The Hall–Kier alpha value is -1.15. The molecule has 1 aromatic carbocycles.